The van der Waals surface area contributed by atoms with E-state index in [1.807, 2.05) is 0 Å². The highest BCUT2D eigenvalue weighted by Crippen LogP contribution is 2.15. The average Bonchev–Trinajstić information content (AvgIpc) is 2.50. The van der Waals surface area contributed by atoms with E-state index in [0.717, 1.165) is 0 Å². The van der Waals surface area contributed by atoms with Crippen molar-refractivity contribution in [2.75, 3.05) is 26.2 Å². The molecule has 0 saturated carbocycles. The van der Waals surface area contributed by atoms with E-state index in [9.17, 15) is 0 Å². The molecule has 0 atom stereocenters. The summed E-state index contributed by atoms with van der Waals surface area (Å²) in [4.78, 5) is 0. The van der Waals surface area contributed by atoms with Crippen LogP contribution < -0.4 is 12.4 Å². The maximum Gasteiger partial charge on any atom is 0.0971 e. The molecule has 0 fully saturated rings. The van der Waals surface area contributed by atoms with Crippen LogP contribution in [-0.2, 0) is 0 Å². The third kappa shape index (κ3) is 14.1. The Morgan fingerprint density at radius 3 is 1.43 bits per heavy atom. The minimum absolute atomic E-state index is 0. The quantitative estimate of drug-likeness (QED) is 0.214. The van der Waals surface area contributed by atoms with Crippen LogP contribution in [0, 0.1) is 0 Å². The van der Waals surface area contributed by atoms with Crippen LogP contribution in [0.1, 0.15) is 97.8 Å². The molecule has 140 valence electrons. The molecule has 0 heterocycles. The van der Waals surface area contributed by atoms with Gasteiger partial charge in [-0.15, -0.1) is 0 Å². The summed E-state index contributed by atoms with van der Waals surface area (Å²) in [7, 11) is 0. The Labute approximate surface area is 153 Å². The topological polar surface area (TPSA) is 0 Å². The van der Waals surface area contributed by atoms with Crippen molar-refractivity contribution in [3.05, 3.63) is 12.7 Å². The lowest BCUT2D eigenvalue weighted by Crippen LogP contribution is -3.00. The van der Waals surface area contributed by atoms with Gasteiger partial charge in [0.1, 0.15) is 0 Å². The molecule has 0 spiro atoms. The Morgan fingerprint density at radius 2 is 1.04 bits per heavy atom. The Morgan fingerprint density at radius 1 is 0.609 bits per heavy atom. The van der Waals surface area contributed by atoms with Gasteiger partial charge in [-0.3, -0.25) is 0 Å². The molecule has 23 heavy (non-hydrogen) atoms. The van der Waals surface area contributed by atoms with Crippen LogP contribution in [0.5, 0.6) is 0 Å². The zero-order valence-corrected chi connectivity index (χ0v) is 17.2. The second-order valence-electron chi connectivity index (χ2n) is 7.17. The van der Waals surface area contributed by atoms with Crippen LogP contribution in [0.25, 0.3) is 0 Å². The standard InChI is InChI=1S/C21H44N.ClH/c1-5-9-10-11-12-13-14-15-16-17-21-22(18-6-2,19-7-3)20-8-4;/h6H,2,5,7-21H2,1,3-4H3;1H/q+1;/p-1. The van der Waals surface area contributed by atoms with Crippen molar-refractivity contribution >= 4 is 0 Å². The molecule has 0 saturated heterocycles. The van der Waals surface area contributed by atoms with Crippen LogP contribution in [-0.4, -0.2) is 30.7 Å². The molecular weight excluding hydrogens is 302 g/mol. The van der Waals surface area contributed by atoms with Gasteiger partial charge in [-0.05, 0) is 31.8 Å². The van der Waals surface area contributed by atoms with Gasteiger partial charge in [-0.2, -0.15) is 0 Å². The Balaban J connectivity index is 0. The van der Waals surface area contributed by atoms with Gasteiger partial charge in [0.2, 0.25) is 0 Å². The van der Waals surface area contributed by atoms with Gasteiger partial charge in [0.25, 0.3) is 0 Å². The summed E-state index contributed by atoms with van der Waals surface area (Å²) >= 11 is 0. The second kappa shape index (κ2) is 18.3. The van der Waals surface area contributed by atoms with E-state index in [0.29, 0.717) is 0 Å². The van der Waals surface area contributed by atoms with Gasteiger partial charge >= 0.3 is 0 Å². The van der Waals surface area contributed by atoms with Crippen molar-refractivity contribution in [3.8, 4) is 0 Å². The van der Waals surface area contributed by atoms with E-state index in [4.69, 9.17) is 0 Å². The van der Waals surface area contributed by atoms with Crippen LogP contribution >= 0.6 is 0 Å². The number of unbranched alkanes of at least 4 members (excludes halogenated alkanes) is 9. The summed E-state index contributed by atoms with van der Waals surface area (Å²) in [6.07, 6.45) is 19.1. The van der Waals surface area contributed by atoms with E-state index in [1.54, 1.807) is 0 Å². The van der Waals surface area contributed by atoms with Gasteiger partial charge < -0.3 is 16.9 Å². The zero-order chi connectivity index (χ0) is 16.5. The molecule has 0 aliphatic carbocycles. The van der Waals surface area contributed by atoms with Gasteiger partial charge in [-0.25, -0.2) is 0 Å². The lowest BCUT2D eigenvalue weighted by molar-refractivity contribution is -0.923. The van der Waals surface area contributed by atoms with E-state index < -0.39 is 0 Å². The number of hydrogen-bond donors (Lipinski definition) is 0. The third-order valence-corrected chi connectivity index (χ3v) is 4.90. The van der Waals surface area contributed by atoms with Crippen LogP contribution in [0.3, 0.4) is 0 Å². The largest absolute Gasteiger partial charge is 1.00 e. The Kier molecular flexibility index (Phi) is 20.1. The molecule has 0 aliphatic heterocycles. The molecule has 0 bridgehead atoms. The van der Waals surface area contributed by atoms with Crippen LogP contribution in [0.4, 0.5) is 0 Å². The molecule has 0 N–H and O–H groups in total. The highest BCUT2D eigenvalue weighted by molar-refractivity contribution is 4.66. The maximum atomic E-state index is 3.99. The SMILES string of the molecule is C=CC[N+](CCC)(CCC)CCCCCCCCCCCC.[Cl-]. The number of quaternary nitrogens is 1. The normalized spacial score (nSPS) is 11.3. The van der Waals surface area contributed by atoms with Crippen molar-refractivity contribution in [2.45, 2.75) is 97.8 Å². The van der Waals surface area contributed by atoms with Gasteiger partial charge in [0.15, 0.2) is 0 Å². The van der Waals surface area contributed by atoms with E-state index in [1.165, 1.54) is 108 Å². The fraction of sp³-hybridized carbons (Fsp3) is 0.905. The first-order valence-corrected chi connectivity index (χ1v) is 10.2. The van der Waals surface area contributed by atoms with Crippen molar-refractivity contribution in [1.82, 2.24) is 0 Å². The summed E-state index contributed by atoms with van der Waals surface area (Å²) in [5.41, 5.74) is 0. The lowest BCUT2D eigenvalue weighted by Gasteiger charge is -2.38. The van der Waals surface area contributed by atoms with Crippen molar-refractivity contribution in [1.29, 1.82) is 0 Å². The van der Waals surface area contributed by atoms with Crippen molar-refractivity contribution in [3.63, 3.8) is 0 Å². The molecule has 0 aromatic rings. The average molecular weight is 346 g/mol. The molecule has 0 radical (unpaired) electrons. The first-order valence-electron chi connectivity index (χ1n) is 10.2. The molecule has 0 amide bonds. The summed E-state index contributed by atoms with van der Waals surface area (Å²) in [5, 5.41) is 0. The molecule has 1 nitrogen and oxygen atoms in total. The summed E-state index contributed by atoms with van der Waals surface area (Å²) in [6.45, 7) is 16.1. The Bertz CT molecular complexity index is 234. The molecule has 0 rings (SSSR count). The molecule has 0 aromatic heterocycles. The van der Waals surface area contributed by atoms with Crippen molar-refractivity contribution in [2.24, 2.45) is 0 Å². The highest BCUT2D eigenvalue weighted by Gasteiger charge is 2.23. The Hall–Kier alpha value is -0.0100. The number of nitrogens with zero attached hydrogens (tertiary/aromatic N) is 1. The monoisotopic (exact) mass is 345 g/mol. The number of halogens is 1. The molecule has 2 heteroatoms. The van der Waals surface area contributed by atoms with Crippen LogP contribution in [0.15, 0.2) is 12.7 Å². The molecule has 0 unspecified atom stereocenters. The summed E-state index contributed by atoms with van der Waals surface area (Å²) in [6, 6.07) is 0. The summed E-state index contributed by atoms with van der Waals surface area (Å²) < 4.78 is 1.29. The van der Waals surface area contributed by atoms with E-state index in [2.05, 4.69) is 33.4 Å². The van der Waals surface area contributed by atoms with E-state index >= 15 is 0 Å². The first kappa shape index (κ1) is 25.2. The van der Waals surface area contributed by atoms with Gasteiger partial charge in [-0.1, -0.05) is 78.7 Å². The smallest absolute Gasteiger partial charge is 0.0971 e. The maximum absolute atomic E-state index is 3.99. The zero-order valence-electron chi connectivity index (χ0n) is 16.4. The predicted molar refractivity (Wildman–Crippen MR) is 102 cm³/mol. The molecular formula is C21H44ClN. The minimum Gasteiger partial charge on any atom is -1.00 e. The van der Waals surface area contributed by atoms with E-state index in [-0.39, 0.29) is 12.4 Å². The van der Waals surface area contributed by atoms with Gasteiger partial charge in [0.05, 0.1) is 26.2 Å². The minimum atomic E-state index is 0. The predicted octanol–water partition coefficient (Wildman–Crippen LogP) is 3.73. The summed E-state index contributed by atoms with van der Waals surface area (Å²) in [5.74, 6) is 0. The van der Waals surface area contributed by atoms with Crippen LogP contribution in [0.2, 0.25) is 0 Å². The third-order valence-electron chi connectivity index (χ3n) is 4.90. The van der Waals surface area contributed by atoms with Crippen molar-refractivity contribution < 1.29 is 16.9 Å². The van der Waals surface area contributed by atoms with Gasteiger partial charge in [0, 0.05) is 0 Å². The highest BCUT2D eigenvalue weighted by atomic mass is 35.5. The number of rotatable bonds is 17. The molecule has 0 aromatic carbocycles. The first-order chi connectivity index (χ1) is 10.7. The molecule has 0 aliphatic rings. The fourth-order valence-electron chi connectivity index (χ4n) is 3.77. The second-order valence-corrected chi connectivity index (χ2v) is 7.17. The lowest BCUT2D eigenvalue weighted by atomic mass is 10.1. The fourth-order valence-corrected chi connectivity index (χ4v) is 3.77. The number of hydrogen-bond acceptors (Lipinski definition) is 0.